The van der Waals surface area contributed by atoms with Gasteiger partial charge in [-0.15, -0.1) is 0 Å². The fraction of sp³-hybridized carbons (Fsp3) is 0.300. The van der Waals surface area contributed by atoms with E-state index in [0.29, 0.717) is 10.6 Å². The van der Waals surface area contributed by atoms with Crippen molar-refractivity contribution < 1.29 is 22.7 Å². The Morgan fingerprint density at radius 1 is 1.31 bits per heavy atom. The second-order valence-corrected chi connectivity index (χ2v) is 3.53. The van der Waals surface area contributed by atoms with Gasteiger partial charge in [-0.2, -0.15) is 13.2 Å². The molecule has 0 aliphatic heterocycles. The summed E-state index contributed by atoms with van der Waals surface area (Å²) in [5.41, 5.74) is 0.446. The maximum Gasteiger partial charge on any atom is 0.490 e. The van der Waals surface area contributed by atoms with Gasteiger partial charge in [-0.3, -0.25) is 0 Å². The van der Waals surface area contributed by atoms with Crippen molar-refractivity contribution in [2.24, 2.45) is 0 Å². The van der Waals surface area contributed by atoms with Crippen LogP contribution in [0.3, 0.4) is 0 Å². The molecule has 16 heavy (non-hydrogen) atoms. The third-order valence-electron chi connectivity index (χ3n) is 1.85. The van der Waals surface area contributed by atoms with Crippen LogP contribution in [0.15, 0.2) is 24.3 Å². The van der Waals surface area contributed by atoms with Gasteiger partial charge in [-0.05, 0) is 24.6 Å². The molecule has 0 saturated carbocycles. The molecule has 88 valence electrons. The Balaban J connectivity index is 2.69. The number of benzene rings is 1. The van der Waals surface area contributed by atoms with Gasteiger partial charge in [0, 0.05) is 5.02 Å². The molecule has 1 atom stereocenters. The molecular formula is C10H8ClF3O2. The zero-order valence-electron chi connectivity index (χ0n) is 8.22. The van der Waals surface area contributed by atoms with Crippen molar-refractivity contribution >= 4 is 17.6 Å². The van der Waals surface area contributed by atoms with E-state index in [1.807, 2.05) is 0 Å². The van der Waals surface area contributed by atoms with Gasteiger partial charge in [0.1, 0.15) is 6.10 Å². The molecule has 6 heteroatoms. The Morgan fingerprint density at radius 3 is 2.25 bits per heavy atom. The molecule has 0 saturated heterocycles. The maximum absolute atomic E-state index is 11.9. The lowest BCUT2D eigenvalue weighted by molar-refractivity contribution is -0.204. The number of hydrogen-bond acceptors (Lipinski definition) is 2. The van der Waals surface area contributed by atoms with Crippen LogP contribution in [-0.2, 0) is 9.53 Å². The Labute approximate surface area is 95.0 Å². The smallest absolute Gasteiger partial charge is 0.451 e. The quantitative estimate of drug-likeness (QED) is 0.753. The van der Waals surface area contributed by atoms with Gasteiger partial charge in [-0.25, -0.2) is 4.79 Å². The van der Waals surface area contributed by atoms with Gasteiger partial charge in [0.25, 0.3) is 0 Å². The minimum absolute atomic E-state index is 0.446. The number of ether oxygens (including phenoxy) is 1. The summed E-state index contributed by atoms with van der Waals surface area (Å²) in [5.74, 6) is -2.20. The summed E-state index contributed by atoms with van der Waals surface area (Å²) in [6.45, 7) is 1.35. The highest BCUT2D eigenvalue weighted by Gasteiger charge is 2.41. The van der Waals surface area contributed by atoms with Gasteiger partial charge < -0.3 is 4.74 Å². The van der Waals surface area contributed by atoms with Crippen LogP contribution in [0.1, 0.15) is 18.6 Å². The van der Waals surface area contributed by atoms with Crippen LogP contribution in [0.25, 0.3) is 0 Å². The number of esters is 1. The van der Waals surface area contributed by atoms with Crippen molar-refractivity contribution in [2.75, 3.05) is 0 Å². The lowest BCUT2D eigenvalue weighted by atomic mass is 10.1. The monoisotopic (exact) mass is 252 g/mol. The van der Waals surface area contributed by atoms with Crippen molar-refractivity contribution in [3.8, 4) is 0 Å². The molecular weight excluding hydrogens is 245 g/mol. The summed E-state index contributed by atoms with van der Waals surface area (Å²) in [4.78, 5) is 10.5. The second-order valence-electron chi connectivity index (χ2n) is 3.10. The zero-order chi connectivity index (χ0) is 12.3. The number of alkyl halides is 3. The fourth-order valence-electron chi connectivity index (χ4n) is 1.03. The standard InChI is InChI=1S/C10H8ClF3O2/c1-6(16-9(15)10(12,13)14)7-2-4-8(11)5-3-7/h2-6H,1H3. The van der Waals surface area contributed by atoms with Crippen LogP contribution in [0.4, 0.5) is 13.2 Å². The predicted octanol–water partition coefficient (Wildman–Crippen LogP) is 3.51. The van der Waals surface area contributed by atoms with Crippen LogP contribution in [0, 0.1) is 0 Å². The summed E-state index contributed by atoms with van der Waals surface area (Å²) in [5, 5.41) is 0.457. The molecule has 0 N–H and O–H groups in total. The molecule has 0 amide bonds. The van der Waals surface area contributed by atoms with Crippen molar-refractivity contribution in [1.29, 1.82) is 0 Å². The van der Waals surface area contributed by atoms with Crippen LogP contribution in [0.5, 0.6) is 0 Å². The maximum atomic E-state index is 11.9. The number of carbonyl (C=O) groups excluding carboxylic acids is 1. The normalized spacial score (nSPS) is 13.3. The molecule has 1 aromatic carbocycles. The van der Waals surface area contributed by atoms with Crippen molar-refractivity contribution in [3.05, 3.63) is 34.9 Å². The average Bonchev–Trinajstić information content (AvgIpc) is 2.17. The Hall–Kier alpha value is -1.23. The molecule has 0 heterocycles. The van der Waals surface area contributed by atoms with Crippen molar-refractivity contribution in [2.45, 2.75) is 19.2 Å². The molecule has 0 bridgehead atoms. The van der Waals surface area contributed by atoms with Gasteiger partial charge >= 0.3 is 12.1 Å². The average molecular weight is 253 g/mol. The summed E-state index contributed by atoms with van der Waals surface area (Å²) >= 11 is 5.61. The van der Waals surface area contributed by atoms with E-state index in [0.717, 1.165) is 0 Å². The van der Waals surface area contributed by atoms with Crippen LogP contribution in [0.2, 0.25) is 5.02 Å². The molecule has 0 spiro atoms. The minimum atomic E-state index is -4.97. The molecule has 2 nitrogen and oxygen atoms in total. The van der Waals surface area contributed by atoms with E-state index in [9.17, 15) is 18.0 Å². The first-order chi connectivity index (χ1) is 7.30. The molecule has 0 aromatic heterocycles. The Kier molecular flexibility index (Phi) is 3.80. The minimum Gasteiger partial charge on any atom is -0.451 e. The lowest BCUT2D eigenvalue weighted by Gasteiger charge is -2.14. The third kappa shape index (κ3) is 3.41. The SMILES string of the molecule is CC(OC(=O)C(F)(F)F)c1ccc(Cl)cc1. The summed E-state index contributed by atoms with van der Waals surface area (Å²) in [6, 6.07) is 6.01. The third-order valence-corrected chi connectivity index (χ3v) is 2.11. The first-order valence-corrected chi connectivity index (χ1v) is 4.72. The van der Waals surface area contributed by atoms with Crippen LogP contribution < -0.4 is 0 Å². The highest BCUT2D eigenvalue weighted by Crippen LogP contribution is 2.24. The summed E-state index contributed by atoms with van der Waals surface area (Å²) in [7, 11) is 0. The molecule has 0 aliphatic rings. The molecule has 1 rings (SSSR count). The van der Waals surface area contributed by atoms with E-state index in [-0.39, 0.29) is 0 Å². The molecule has 0 fully saturated rings. The molecule has 1 unspecified atom stereocenters. The lowest BCUT2D eigenvalue weighted by Crippen LogP contribution is -2.26. The van der Waals surface area contributed by atoms with E-state index in [1.165, 1.54) is 31.2 Å². The molecule has 1 aromatic rings. The zero-order valence-corrected chi connectivity index (χ0v) is 8.97. The number of halogens is 4. The van der Waals surface area contributed by atoms with Gasteiger partial charge in [0.2, 0.25) is 0 Å². The highest BCUT2D eigenvalue weighted by atomic mass is 35.5. The summed E-state index contributed by atoms with van der Waals surface area (Å²) in [6.07, 6.45) is -5.94. The predicted molar refractivity (Wildman–Crippen MR) is 52.0 cm³/mol. The van der Waals surface area contributed by atoms with Crippen molar-refractivity contribution in [1.82, 2.24) is 0 Å². The van der Waals surface area contributed by atoms with Gasteiger partial charge in [0.15, 0.2) is 0 Å². The van der Waals surface area contributed by atoms with E-state index in [1.54, 1.807) is 0 Å². The molecule has 0 aliphatic carbocycles. The highest BCUT2D eigenvalue weighted by molar-refractivity contribution is 6.30. The largest absolute Gasteiger partial charge is 0.490 e. The van der Waals surface area contributed by atoms with Crippen LogP contribution >= 0.6 is 11.6 Å². The van der Waals surface area contributed by atoms with Gasteiger partial charge in [0.05, 0.1) is 0 Å². The first kappa shape index (κ1) is 12.8. The number of carbonyl (C=O) groups is 1. The van der Waals surface area contributed by atoms with Crippen LogP contribution in [-0.4, -0.2) is 12.1 Å². The fourth-order valence-corrected chi connectivity index (χ4v) is 1.16. The Bertz CT molecular complexity index is 373. The van der Waals surface area contributed by atoms with Gasteiger partial charge in [-0.1, -0.05) is 23.7 Å². The Morgan fingerprint density at radius 2 is 1.81 bits per heavy atom. The van der Waals surface area contributed by atoms with E-state index < -0.39 is 18.2 Å². The van der Waals surface area contributed by atoms with E-state index >= 15 is 0 Å². The molecule has 0 radical (unpaired) electrons. The van der Waals surface area contributed by atoms with E-state index in [4.69, 9.17) is 11.6 Å². The topological polar surface area (TPSA) is 26.3 Å². The number of hydrogen-bond donors (Lipinski definition) is 0. The van der Waals surface area contributed by atoms with E-state index in [2.05, 4.69) is 4.74 Å². The second kappa shape index (κ2) is 4.74. The van der Waals surface area contributed by atoms with Crippen molar-refractivity contribution in [3.63, 3.8) is 0 Å². The number of rotatable bonds is 2. The summed E-state index contributed by atoms with van der Waals surface area (Å²) < 4.78 is 39.9. The first-order valence-electron chi connectivity index (χ1n) is 4.34.